The molecule has 0 unspecified atom stereocenters. The van der Waals surface area contributed by atoms with Crippen molar-refractivity contribution in [2.45, 2.75) is 20.4 Å². The van der Waals surface area contributed by atoms with Gasteiger partial charge in [0.25, 0.3) is 0 Å². The van der Waals surface area contributed by atoms with Crippen molar-refractivity contribution in [3.8, 4) is 0 Å². The van der Waals surface area contributed by atoms with Crippen molar-refractivity contribution < 1.29 is 4.79 Å². The van der Waals surface area contributed by atoms with Crippen LogP contribution in [-0.2, 0) is 11.3 Å². The molecule has 4 nitrogen and oxygen atoms in total. The van der Waals surface area contributed by atoms with Gasteiger partial charge in [-0.2, -0.15) is 0 Å². The molecule has 0 bridgehead atoms. The van der Waals surface area contributed by atoms with Crippen LogP contribution in [0.5, 0.6) is 0 Å². The maximum Gasteiger partial charge on any atom is 0.234 e. The lowest BCUT2D eigenvalue weighted by molar-refractivity contribution is -0.122. The predicted octanol–water partition coefficient (Wildman–Crippen LogP) is 1.47. The van der Waals surface area contributed by atoms with Crippen LogP contribution < -0.4 is 11.1 Å². The minimum absolute atomic E-state index is 0.0710. The van der Waals surface area contributed by atoms with Gasteiger partial charge in [0.15, 0.2) is 0 Å². The summed E-state index contributed by atoms with van der Waals surface area (Å²) in [6, 6.07) is 7.72. The van der Waals surface area contributed by atoms with Gasteiger partial charge in [-0.15, -0.1) is 0 Å². The van der Waals surface area contributed by atoms with E-state index in [9.17, 15) is 4.79 Å². The van der Waals surface area contributed by atoms with E-state index < -0.39 is 0 Å². The van der Waals surface area contributed by atoms with E-state index in [1.54, 1.807) is 0 Å². The topological polar surface area (TPSA) is 58.4 Å². The van der Waals surface area contributed by atoms with Gasteiger partial charge < -0.3 is 11.1 Å². The summed E-state index contributed by atoms with van der Waals surface area (Å²) in [5, 5.41) is 2.91. The van der Waals surface area contributed by atoms with E-state index in [0.717, 1.165) is 24.3 Å². The number of rotatable bonds is 6. The number of anilines is 1. The van der Waals surface area contributed by atoms with E-state index in [1.807, 2.05) is 36.2 Å². The highest BCUT2D eigenvalue weighted by Gasteiger charge is 2.07. The number of nitrogens with one attached hydrogen (secondary N) is 1. The molecule has 0 radical (unpaired) electrons. The van der Waals surface area contributed by atoms with Gasteiger partial charge in [0.1, 0.15) is 0 Å². The van der Waals surface area contributed by atoms with Crippen molar-refractivity contribution in [2.75, 3.05) is 25.9 Å². The monoisotopic (exact) mass is 249 g/mol. The first-order valence-corrected chi connectivity index (χ1v) is 6.27. The molecule has 0 saturated carbocycles. The summed E-state index contributed by atoms with van der Waals surface area (Å²) in [6.07, 6.45) is 0. The zero-order valence-corrected chi connectivity index (χ0v) is 11.4. The molecule has 0 aliphatic rings. The average Bonchev–Trinajstić information content (AvgIpc) is 2.29. The van der Waals surface area contributed by atoms with Gasteiger partial charge in [0, 0.05) is 18.8 Å². The van der Waals surface area contributed by atoms with E-state index in [4.69, 9.17) is 5.73 Å². The summed E-state index contributed by atoms with van der Waals surface area (Å²) in [5.74, 6) is 0.554. The summed E-state index contributed by atoms with van der Waals surface area (Å²) in [4.78, 5) is 13.6. The second-order valence-corrected chi connectivity index (χ2v) is 5.11. The molecule has 0 aliphatic heterocycles. The Hall–Kier alpha value is -1.55. The summed E-state index contributed by atoms with van der Waals surface area (Å²) < 4.78 is 0. The Bertz CT molecular complexity index is 373. The third kappa shape index (κ3) is 5.68. The molecule has 0 heterocycles. The van der Waals surface area contributed by atoms with Crippen molar-refractivity contribution >= 4 is 11.6 Å². The van der Waals surface area contributed by atoms with Gasteiger partial charge in [-0.05, 0) is 30.7 Å². The molecular weight excluding hydrogens is 226 g/mol. The van der Waals surface area contributed by atoms with E-state index in [1.165, 1.54) is 0 Å². The number of amides is 1. The molecule has 4 heteroatoms. The molecule has 0 fully saturated rings. The summed E-state index contributed by atoms with van der Waals surface area (Å²) >= 11 is 0. The zero-order chi connectivity index (χ0) is 13.5. The van der Waals surface area contributed by atoms with Gasteiger partial charge in [-0.3, -0.25) is 9.69 Å². The minimum atomic E-state index is 0.0710. The van der Waals surface area contributed by atoms with E-state index >= 15 is 0 Å². The fourth-order valence-corrected chi connectivity index (χ4v) is 1.61. The third-order valence-corrected chi connectivity index (χ3v) is 2.55. The van der Waals surface area contributed by atoms with Crippen LogP contribution >= 0.6 is 0 Å². The van der Waals surface area contributed by atoms with Gasteiger partial charge in [0.2, 0.25) is 5.91 Å². The first kappa shape index (κ1) is 14.5. The average molecular weight is 249 g/mol. The smallest absolute Gasteiger partial charge is 0.234 e. The van der Waals surface area contributed by atoms with Crippen LogP contribution in [0.2, 0.25) is 0 Å². The second-order valence-electron chi connectivity index (χ2n) is 5.11. The molecule has 0 saturated heterocycles. The van der Waals surface area contributed by atoms with Crippen molar-refractivity contribution in [2.24, 2.45) is 5.92 Å². The number of nitrogen functional groups attached to an aromatic ring is 1. The van der Waals surface area contributed by atoms with Crippen LogP contribution in [0.3, 0.4) is 0 Å². The van der Waals surface area contributed by atoms with Crippen molar-refractivity contribution in [1.82, 2.24) is 10.2 Å². The number of hydrogen-bond acceptors (Lipinski definition) is 3. The van der Waals surface area contributed by atoms with Gasteiger partial charge in [-0.25, -0.2) is 0 Å². The molecule has 1 rings (SSSR count). The normalized spacial score (nSPS) is 10.9. The number of carbonyl (C=O) groups excluding carboxylic acids is 1. The van der Waals surface area contributed by atoms with E-state index in [0.29, 0.717) is 12.5 Å². The Kier molecular flexibility index (Phi) is 5.65. The molecule has 1 aromatic carbocycles. The highest BCUT2D eigenvalue weighted by molar-refractivity contribution is 5.77. The fourth-order valence-electron chi connectivity index (χ4n) is 1.61. The largest absolute Gasteiger partial charge is 0.399 e. The number of carbonyl (C=O) groups is 1. The quantitative estimate of drug-likeness (QED) is 0.751. The third-order valence-electron chi connectivity index (χ3n) is 2.55. The standard InChI is InChI=1S/C14H23N3O/c1-11(2)8-16-14(18)10-17(3)9-12-4-6-13(15)7-5-12/h4-7,11H,8-10,15H2,1-3H3,(H,16,18). The first-order chi connectivity index (χ1) is 8.47. The summed E-state index contributed by atoms with van der Waals surface area (Å²) in [7, 11) is 1.94. The van der Waals surface area contributed by atoms with Crippen LogP contribution in [0, 0.1) is 5.92 Å². The molecule has 18 heavy (non-hydrogen) atoms. The number of hydrogen-bond donors (Lipinski definition) is 2. The maximum absolute atomic E-state index is 11.6. The van der Waals surface area contributed by atoms with Crippen molar-refractivity contribution in [3.63, 3.8) is 0 Å². The van der Waals surface area contributed by atoms with Crippen LogP contribution in [0.4, 0.5) is 5.69 Å². The van der Waals surface area contributed by atoms with E-state index in [-0.39, 0.29) is 5.91 Å². The Labute approximate surface area is 109 Å². The van der Waals surface area contributed by atoms with Crippen molar-refractivity contribution in [1.29, 1.82) is 0 Å². The number of likely N-dealkylation sites (N-methyl/N-ethyl adjacent to an activating group) is 1. The molecular formula is C14H23N3O. The lowest BCUT2D eigenvalue weighted by Crippen LogP contribution is -2.36. The Morgan fingerprint density at radius 3 is 2.50 bits per heavy atom. The second kappa shape index (κ2) is 7.01. The van der Waals surface area contributed by atoms with Gasteiger partial charge in [-0.1, -0.05) is 26.0 Å². The van der Waals surface area contributed by atoms with Crippen LogP contribution in [0.15, 0.2) is 24.3 Å². The molecule has 0 atom stereocenters. The van der Waals surface area contributed by atoms with Crippen LogP contribution in [0.25, 0.3) is 0 Å². The highest BCUT2D eigenvalue weighted by atomic mass is 16.2. The maximum atomic E-state index is 11.6. The lowest BCUT2D eigenvalue weighted by atomic mass is 10.2. The molecule has 0 aromatic heterocycles. The van der Waals surface area contributed by atoms with Gasteiger partial charge >= 0.3 is 0 Å². The molecule has 3 N–H and O–H groups in total. The molecule has 1 amide bonds. The predicted molar refractivity (Wildman–Crippen MR) is 75.0 cm³/mol. The Balaban J connectivity index is 2.34. The summed E-state index contributed by atoms with van der Waals surface area (Å²) in [6.45, 7) is 6.05. The Morgan fingerprint density at radius 2 is 1.94 bits per heavy atom. The molecule has 1 aromatic rings. The minimum Gasteiger partial charge on any atom is -0.399 e. The van der Waals surface area contributed by atoms with Crippen LogP contribution in [-0.4, -0.2) is 30.9 Å². The highest BCUT2D eigenvalue weighted by Crippen LogP contribution is 2.07. The fraction of sp³-hybridized carbons (Fsp3) is 0.500. The zero-order valence-electron chi connectivity index (χ0n) is 11.4. The van der Waals surface area contributed by atoms with E-state index in [2.05, 4.69) is 19.2 Å². The number of nitrogens with two attached hydrogens (primary N) is 1. The SMILES string of the molecule is CC(C)CNC(=O)CN(C)Cc1ccc(N)cc1. The molecule has 0 spiro atoms. The first-order valence-electron chi connectivity index (χ1n) is 6.27. The number of benzene rings is 1. The Morgan fingerprint density at radius 1 is 1.33 bits per heavy atom. The molecule has 100 valence electrons. The lowest BCUT2D eigenvalue weighted by Gasteiger charge is -2.17. The van der Waals surface area contributed by atoms with Crippen LogP contribution in [0.1, 0.15) is 19.4 Å². The van der Waals surface area contributed by atoms with Gasteiger partial charge in [0.05, 0.1) is 6.54 Å². The number of nitrogens with zero attached hydrogens (tertiary/aromatic N) is 1. The molecule has 0 aliphatic carbocycles. The van der Waals surface area contributed by atoms with Crippen molar-refractivity contribution in [3.05, 3.63) is 29.8 Å². The summed E-state index contributed by atoms with van der Waals surface area (Å²) in [5.41, 5.74) is 7.54.